The molecule has 1 aliphatic carbocycles. The minimum atomic E-state index is -0.908. The first-order chi connectivity index (χ1) is 18.3. The standard InChI is InChI=1S/C29H30ClN3O5.Na.H/c1-33(2)27-18(7-10-24(32-27)17-3-4-17)11-13-31-28(34)19-5-8-20(9-6-19)38-26-16-25-22(15-23(26)30)21(29(35)36)12-14-37-25;;/h5-10,15-17,21H,3-4,11-14H2,1-2H3,(H,31,34)(H,35,36);;. The Hall–Kier alpha value is -2.78. The molecule has 5 rings (SSSR count). The summed E-state index contributed by atoms with van der Waals surface area (Å²) >= 11 is 6.38. The van der Waals surface area contributed by atoms with Crippen molar-refractivity contribution in [3.05, 3.63) is 75.9 Å². The number of carbonyl (C=O) groups excluding carboxylic acids is 1. The van der Waals surface area contributed by atoms with Gasteiger partial charge < -0.3 is 24.8 Å². The van der Waals surface area contributed by atoms with Gasteiger partial charge in [0, 0.05) is 49.4 Å². The molecule has 1 saturated carbocycles. The molecule has 200 valence electrons. The average molecular weight is 560 g/mol. The third kappa shape index (κ3) is 6.87. The Kier molecular flexibility index (Phi) is 9.43. The molecule has 8 nitrogen and oxygen atoms in total. The van der Waals surface area contributed by atoms with Crippen LogP contribution in [0.1, 0.15) is 58.3 Å². The number of ether oxygens (including phenoxy) is 2. The van der Waals surface area contributed by atoms with E-state index in [1.54, 1.807) is 36.4 Å². The molecule has 0 bridgehead atoms. The van der Waals surface area contributed by atoms with E-state index in [1.165, 1.54) is 12.8 Å². The molecule has 1 atom stereocenters. The molecule has 1 unspecified atom stereocenters. The molecule has 1 fully saturated rings. The molecule has 2 aliphatic rings. The predicted molar refractivity (Wildman–Crippen MR) is 152 cm³/mol. The van der Waals surface area contributed by atoms with Gasteiger partial charge in [0.1, 0.15) is 23.1 Å². The fourth-order valence-corrected chi connectivity index (χ4v) is 4.83. The molecule has 10 heteroatoms. The number of carboxylic acids is 1. The minimum absolute atomic E-state index is 0. The summed E-state index contributed by atoms with van der Waals surface area (Å²) in [6.45, 7) is 0.804. The molecule has 0 radical (unpaired) electrons. The predicted octanol–water partition coefficient (Wildman–Crippen LogP) is 4.75. The summed E-state index contributed by atoms with van der Waals surface area (Å²) in [4.78, 5) is 31.1. The Bertz CT molecular complexity index is 1360. The Balaban J connectivity index is 0.00000353. The van der Waals surface area contributed by atoms with Crippen LogP contribution >= 0.6 is 11.6 Å². The van der Waals surface area contributed by atoms with Crippen LogP contribution in [0.25, 0.3) is 0 Å². The second kappa shape index (κ2) is 12.6. The number of nitrogens with one attached hydrogen (secondary N) is 1. The van der Waals surface area contributed by atoms with Crippen molar-refractivity contribution in [1.29, 1.82) is 0 Å². The second-order valence-corrected chi connectivity index (χ2v) is 10.3. The number of amides is 1. The van der Waals surface area contributed by atoms with Crippen LogP contribution in [0.3, 0.4) is 0 Å². The number of pyridine rings is 1. The molecule has 0 saturated heterocycles. The molecule has 3 aromatic rings. The van der Waals surface area contributed by atoms with E-state index in [2.05, 4.69) is 17.4 Å². The van der Waals surface area contributed by atoms with Crippen LogP contribution in [-0.4, -0.2) is 78.8 Å². The summed E-state index contributed by atoms with van der Waals surface area (Å²) in [6.07, 6.45) is 3.49. The molecule has 39 heavy (non-hydrogen) atoms. The summed E-state index contributed by atoms with van der Waals surface area (Å²) in [7, 11) is 3.98. The van der Waals surface area contributed by atoms with Gasteiger partial charge in [0.2, 0.25) is 0 Å². The number of halogens is 1. The first-order valence-electron chi connectivity index (χ1n) is 12.7. The maximum absolute atomic E-state index is 12.7. The van der Waals surface area contributed by atoms with Gasteiger partial charge in [-0.05, 0) is 67.6 Å². The number of benzene rings is 2. The van der Waals surface area contributed by atoms with Gasteiger partial charge in [-0.15, -0.1) is 0 Å². The number of hydrogen-bond acceptors (Lipinski definition) is 6. The van der Waals surface area contributed by atoms with Crippen molar-refractivity contribution < 1.29 is 24.2 Å². The van der Waals surface area contributed by atoms with Gasteiger partial charge in [-0.25, -0.2) is 4.98 Å². The van der Waals surface area contributed by atoms with Gasteiger partial charge in [0.05, 0.1) is 17.5 Å². The monoisotopic (exact) mass is 559 g/mol. The SMILES string of the molecule is CN(C)c1nc(C2CC2)ccc1CCNC(=O)c1ccc(Oc2cc3c(cc2Cl)C(C(=O)O)CCO3)cc1.[NaH]. The van der Waals surface area contributed by atoms with Crippen LogP contribution in [0.4, 0.5) is 5.82 Å². The number of fused-ring (bicyclic) bond motifs is 1. The van der Waals surface area contributed by atoms with E-state index in [-0.39, 0.29) is 35.5 Å². The summed E-state index contributed by atoms with van der Waals surface area (Å²) in [5.41, 5.74) is 3.30. The number of hydrogen-bond donors (Lipinski definition) is 2. The Morgan fingerprint density at radius 3 is 2.54 bits per heavy atom. The molecule has 2 aromatic carbocycles. The summed E-state index contributed by atoms with van der Waals surface area (Å²) in [5.74, 6) is 1.10. The summed E-state index contributed by atoms with van der Waals surface area (Å²) in [5, 5.41) is 12.7. The first kappa shape index (κ1) is 29.2. The quantitative estimate of drug-likeness (QED) is 0.365. The number of aromatic nitrogens is 1. The van der Waals surface area contributed by atoms with E-state index in [0.717, 1.165) is 17.1 Å². The summed E-state index contributed by atoms with van der Waals surface area (Å²) < 4.78 is 11.5. The first-order valence-corrected chi connectivity index (χ1v) is 13.1. The van der Waals surface area contributed by atoms with Crippen LogP contribution in [0, 0.1) is 0 Å². The molecule has 2 N–H and O–H groups in total. The number of anilines is 1. The van der Waals surface area contributed by atoms with Gasteiger partial charge >= 0.3 is 35.5 Å². The molecule has 1 aliphatic heterocycles. The van der Waals surface area contributed by atoms with Crippen molar-refractivity contribution in [2.24, 2.45) is 0 Å². The van der Waals surface area contributed by atoms with Crippen LogP contribution < -0.4 is 19.7 Å². The van der Waals surface area contributed by atoms with E-state index in [1.807, 2.05) is 19.0 Å². The second-order valence-electron chi connectivity index (χ2n) is 9.87. The zero-order chi connectivity index (χ0) is 26.8. The summed E-state index contributed by atoms with van der Waals surface area (Å²) in [6, 6.07) is 14.2. The fraction of sp³-hybridized carbons (Fsp3) is 0.345. The Labute approximate surface area is 255 Å². The molecule has 2 heterocycles. The van der Waals surface area contributed by atoms with Crippen molar-refractivity contribution in [2.75, 3.05) is 32.1 Å². The zero-order valence-electron chi connectivity index (χ0n) is 21.4. The van der Waals surface area contributed by atoms with E-state index in [9.17, 15) is 14.7 Å². The van der Waals surface area contributed by atoms with Crippen molar-refractivity contribution in [3.8, 4) is 17.2 Å². The van der Waals surface area contributed by atoms with Crippen molar-refractivity contribution >= 4 is 58.9 Å². The van der Waals surface area contributed by atoms with Crippen LogP contribution in [0.2, 0.25) is 5.02 Å². The average Bonchev–Trinajstić information content (AvgIpc) is 3.75. The third-order valence-corrected chi connectivity index (χ3v) is 7.12. The maximum atomic E-state index is 12.7. The van der Waals surface area contributed by atoms with E-state index < -0.39 is 11.9 Å². The fourth-order valence-electron chi connectivity index (χ4n) is 4.62. The van der Waals surface area contributed by atoms with Crippen LogP contribution in [0.5, 0.6) is 17.2 Å². The molecular weight excluding hydrogens is 529 g/mol. The van der Waals surface area contributed by atoms with Crippen molar-refractivity contribution in [3.63, 3.8) is 0 Å². The van der Waals surface area contributed by atoms with E-state index in [4.69, 9.17) is 26.1 Å². The zero-order valence-corrected chi connectivity index (χ0v) is 22.1. The molecular formula is C29H31ClN3NaO5. The Morgan fingerprint density at radius 1 is 1.13 bits per heavy atom. The molecule has 0 spiro atoms. The number of rotatable bonds is 9. The van der Waals surface area contributed by atoms with Crippen LogP contribution in [0.15, 0.2) is 48.5 Å². The van der Waals surface area contributed by atoms with Gasteiger partial charge in [-0.1, -0.05) is 17.7 Å². The van der Waals surface area contributed by atoms with Crippen molar-refractivity contribution in [2.45, 2.75) is 37.5 Å². The van der Waals surface area contributed by atoms with Crippen LogP contribution in [-0.2, 0) is 11.2 Å². The molecule has 1 amide bonds. The van der Waals surface area contributed by atoms with Crippen molar-refractivity contribution in [1.82, 2.24) is 10.3 Å². The van der Waals surface area contributed by atoms with E-state index >= 15 is 0 Å². The number of nitrogens with zero attached hydrogens (tertiary/aromatic N) is 2. The van der Waals surface area contributed by atoms with Gasteiger partial charge in [-0.3, -0.25) is 9.59 Å². The number of aliphatic carboxylic acids is 1. The molecule has 1 aromatic heterocycles. The Morgan fingerprint density at radius 2 is 1.87 bits per heavy atom. The van der Waals surface area contributed by atoms with Gasteiger partial charge in [0.25, 0.3) is 5.91 Å². The van der Waals surface area contributed by atoms with E-state index in [0.29, 0.717) is 65.3 Å². The van der Waals surface area contributed by atoms with Gasteiger partial charge in [0.15, 0.2) is 0 Å². The number of carboxylic acid groups (broad SMARTS) is 1. The third-order valence-electron chi connectivity index (χ3n) is 6.82. The topological polar surface area (TPSA) is 101 Å². The normalized spacial score (nSPS) is 15.8. The van der Waals surface area contributed by atoms with Gasteiger partial charge in [-0.2, -0.15) is 0 Å². The number of carbonyl (C=O) groups is 2.